The summed E-state index contributed by atoms with van der Waals surface area (Å²) in [6, 6.07) is 16.8. The molecule has 3 aromatic rings. The molecule has 0 amide bonds. The molecule has 0 radical (unpaired) electrons. The quantitative estimate of drug-likeness (QED) is 0.735. The molecule has 1 heterocycles. The largest absolute Gasteiger partial charge is 0.550 e. The molecular weight excluding hydrogens is 266 g/mol. The topological polar surface area (TPSA) is 66.2 Å². The number of rotatable bonds is 4. The number of hydrogen-bond donors (Lipinski definition) is 0. The number of aliphatic carboxylic acids is 1. The number of carboxylic acid groups (broad SMARTS) is 1. The predicted molar refractivity (Wildman–Crippen MR) is 77.9 cm³/mol. The van der Waals surface area contributed by atoms with Gasteiger partial charge in [0.05, 0.1) is 0 Å². The summed E-state index contributed by atoms with van der Waals surface area (Å²) in [4.78, 5) is 15.3. The van der Waals surface area contributed by atoms with E-state index in [4.69, 9.17) is 4.42 Å². The van der Waals surface area contributed by atoms with Gasteiger partial charge in [0.15, 0.2) is 5.58 Å². The summed E-state index contributed by atoms with van der Waals surface area (Å²) in [7, 11) is 0. The van der Waals surface area contributed by atoms with Crippen LogP contribution in [0.2, 0.25) is 0 Å². The maximum atomic E-state index is 11.0. The van der Waals surface area contributed by atoms with E-state index in [1.54, 1.807) is 12.1 Å². The molecule has 0 aliphatic rings. The van der Waals surface area contributed by atoms with Crippen molar-refractivity contribution in [3.63, 3.8) is 0 Å². The second kappa shape index (κ2) is 5.63. The lowest BCUT2D eigenvalue weighted by Crippen LogP contribution is -2.22. The third-order valence-electron chi connectivity index (χ3n) is 3.04. The number of carboxylic acids is 1. The van der Waals surface area contributed by atoms with Crippen molar-refractivity contribution in [1.29, 1.82) is 0 Å². The second-order valence-electron chi connectivity index (χ2n) is 4.62. The molecular formula is C17H12NO3-. The van der Waals surface area contributed by atoms with Crippen LogP contribution in [0.4, 0.5) is 0 Å². The Morgan fingerprint density at radius 1 is 1.10 bits per heavy atom. The fourth-order valence-electron chi connectivity index (χ4n) is 2.10. The highest BCUT2D eigenvalue weighted by Gasteiger charge is 2.11. The minimum atomic E-state index is -1.17. The summed E-state index contributed by atoms with van der Waals surface area (Å²) in [5, 5.41) is 11.0. The van der Waals surface area contributed by atoms with Gasteiger partial charge in [-0.3, -0.25) is 0 Å². The molecule has 1 aromatic heterocycles. The van der Waals surface area contributed by atoms with E-state index in [0.717, 1.165) is 5.56 Å². The normalized spacial score (nSPS) is 11.7. The molecule has 0 fully saturated rings. The van der Waals surface area contributed by atoms with Gasteiger partial charge in [-0.15, -0.1) is 0 Å². The van der Waals surface area contributed by atoms with E-state index in [1.807, 2.05) is 48.5 Å². The molecule has 4 nitrogen and oxygen atoms in total. The van der Waals surface area contributed by atoms with Gasteiger partial charge >= 0.3 is 0 Å². The van der Waals surface area contributed by atoms with E-state index in [0.29, 0.717) is 22.6 Å². The number of nitrogens with zero attached hydrogens (tertiary/aromatic N) is 1. The van der Waals surface area contributed by atoms with Crippen LogP contribution in [0.5, 0.6) is 0 Å². The number of fused-ring (bicyclic) bond motifs is 1. The maximum Gasteiger partial charge on any atom is 0.223 e. The van der Waals surface area contributed by atoms with Crippen LogP contribution in [0.15, 0.2) is 59.0 Å². The standard InChI is InChI=1S/C17H13NO3/c19-16(20)11-13(10-12-6-2-1-3-7-12)17-18-14-8-4-5-9-15(14)21-17/h1-10H,11H2,(H,19,20)/p-1/b13-10+. The van der Waals surface area contributed by atoms with Crippen molar-refractivity contribution in [2.24, 2.45) is 0 Å². The van der Waals surface area contributed by atoms with E-state index >= 15 is 0 Å². The molecule has 4 heteroatoms. The average Bonchev–Trinajstić information content (AvgIpc) is 2.91. The number of oxazole rings is 1. The minimum absolute atomic E-state index is 0.248. The molecule has 0 bridgehead atoms. The molecule has 0 saturated carbocycles. The number of hydrogen-bond acceptors (Lipinski definition) is 4. The van der Waals surface area contributed by atoms with Gasteiger partial charge in [0.25, 0.3) is 0 Å². The first-order chi connectivity index (χ1) is 10.2. The van der Waals surface area contributed by atoms with E-state index in [1.165, 1.54) is 0 Å². The van der Waals surface area contributed by atoms with Crippen molar-refractivity contribution < 1.29 is 14.3 Å². The van der Waals surface area contributed by atoms with Crippen molar-refractivity contribution in [2.75, 3.05) is 0 Å². The average molecular weight is 278 g/mol. The molecule has 0 aliphatic heterocycles. The van der Waals surface area contributed by atoms with Crippen LogP contribution in [0, 0.1) is 0 Å². The Labute approximate surface area is 121 Å². The van der Waals surface area contributed by atoms with Gasteiger partial charge in [-0.05, 0) is 23.8 Å². The summed E-state index contributed by atoms with van der Waals surface area (Å²) >= 11 is 0. The number of carbonyl (C=O) groups is 1. The highest BCUT2D eigenvalue weighted by Crippen LogP contribution is 2.24. The van der Waals surface area contributed by atoms with E-state index in [2.05, 4.69) is 4.98 Å². The molecule has 2 aromatic carbocycles. The minimum Gasteiger partial charge on any atom is -0.550 e. The Kier molecular flexibility index (Phi) is 3.51. The highest BCUT2D eigenvalue weighted by molar-refractivity contribution is 5.90. The smallest absolute Gasteiger partial charge is 0.223 e. The monoisotopic (exact) mass is 278 g/mol. The van der Waals surface area contributed by atoms with Gasteiger partial charge in [0.1, 0.15) is 5.52 Å². The van der Waals surface area contributed by atoms with E-state index < -0.39 is 5.97 Å². The van der Waals surface area contributed by atoms with Crippen LogP contribution in [0.1, 0.15) is 17.9 Å². The van der Waals surface area contributed by atoms with Gasteiger partial charge in [-0.2, -0.15) is 0 Å². The van der Waals surface area contributed by atoms with Crippen molar-refractivity contribution in [1.82, 2.24) is 4.98 Å². The van der Waals surface area contributed by atoms with E-state index in [-0.39, 0.29) is 6.42 Å². The molecule has 0 aliphatic carbocycles. The molecule has 0 atom stereocenters. The number of benzene rings is 2. The number of para-hydroxylation sites is 2. The predicted octanol–water partition coefficient (Wildman–Crippen LogP) is 2.51. The Balaban J connectivity index is 2.06. The summed E-state index contributed by atoms with van der Waals surface area (Å²) in [5.41, 5.74) is 2.70. The van der Waals surface area contributed by atoms with Crippen LogP contribution in [0.3, 0.4) is 0 Å². The molecule has 0 unspecified atom stereocenters. The van der Waals surface area contributed by atoms with Gasteiger partial charge in [0, 0.05) is 18.0 Å². The summed E-state index contributed by atoms with van der Waals surface area (Å²) < 4.78 is 5.63. The van der Waals surface area contributed by atoms with E-state index in [9.17, 15) is 9.90 Å². The van der Waals surface area contributed by atoms with Crippen LogP contribution in [-0.4, -0.2) is 11.0 Å². The van der Waals surface area contributed by atoms with Gasteiger partial charge < -0.3 is 14.3 Å². The first-order valence-corrected chi connectivity index (χ1v) is 6.54. The molecule has 0 saturated heterocycles. The second-order valence-corrected chi connectivity index (χ2v) is 4.62. The van der Waals surface area contributed by atoms with Crippen molar-refractivity contribution in [2.45, 2.75) is 6.42 Å². The van der Waals surface area contributed by atoms with Crippen molar-refractivity contribution >= 4 is 28.7 Å². The molecule has 0 N–H and O–H groups in total. The SMILES string of the molecule is O=C([O-])C/C(=C\c1ccccc1)c1nc2ccccc2o1. The van der Waals surface area contributed by atoms with Crippen LogP contribution >= 0.6 is 0 Å². The van der Waals surface area contributed by atoms with Crippen LogP contribution in [0.25, 0.3) is 22.7 Å². The summed E-state index contributed by atoms with van der Waals surface area (Å²) in [5.74, 6) is -0.858. The fourth-order valence-corrected chi connectivity index (χ4v) is 2.10. The Morgan fingerprint density at radius 3 is 2.52 bits per heavy atom. The Morgan fingerprint density at radius 2 is 1.81 bits per heavy atom. The van der Waals surface area contributed by atoms with Crippen LogP contribution in [-0.2, 0) is 4.79 Å². The third-order valence-corrected chi connectivity index (χ3v) is 3.04. The highest BCUT2D eigenvalue weighted by atomic mass is 16.4. The lowest BCUT2D eigenvalue weighted by Gasteiger charge is -2.04. The summed E-state index contributed by atoms with van der Waals surface area (Å²) in [6.07, 6.45) is 1.50. The zero-order valence-corrected chi connectivity index (χ0v) is 11.2. The van der Waals surface area contributed by atoms with Crippen molar-refractivity contribution in [3.05, 3.63) is 66.1 Å². The lowest BCUT2D eigenvalue weighted by atomic mass is 10.1. The van der Waals surface area contributed by atoms with Crippen LogP contribution < -0.4 is 5.11 Å². The molecule has 21 heavy (non-hydrogen) atoms. The van der Waals surface area contributed by atoms with Crippen molar-refractivity contribution in [3.8, 4) is 0 Å². The Bertz CT molecular complexity index is 770. The number of carbonyl (C=O) groups excluding carboxylic acids is 1. The lowest BCUT2D eigenvalue weighted by molar-refractivity contribution is -0.304. The third kappa shape index (κ3) is 3.00. The molecule has 104 valence electrons. The number of aromatic nitrogens is 1. The van der Waals surface area contributed by atoms with Gasteiger partial charge in [-0.1, -0.05) is 42.5 Å². The zero-order chi connectivity index (χ0) is 14.7. The Hall–Kier alpha value is -2.88. The first kappa shape index (κ1) is 13.1. The first-order valence-electron chi connectivity index (χ1n) is 6.54. The van der Waals surface area contributed by atoms with Gasteiger partial charge in [-0.25, -0.2) is 4.98 Å². The summed E-state index contributed by atoms with van der Waals surface area (Å²) in [6.45, 7) is 0. The van der Waals surface area contributed by atoms with Gasteiger partial charge in [0.2, 0.25) is 5.89 Å². The fraction of sp³-hybridized carbons (Fsp3) is 0.0588. The molecule has 3 rings (SSSR count). The maximum absolute atomic E-state index is 11.0. The molecule has 0 spiro atoms. The zero-order valence-electron chi connectivity index (χ0n) is 11.2.